The van der Waals surface area contributed by atoms with E-state index in [4.69, 9.17) is 0 Å². The number of piperazine rings is 1. The van der Waals surface area contributed by atoms with Gasteiger partial charge in [0, 0.05) is 25.2 Å². The molecule has 6 heteroatoms. The average molecular weight is 276 g/mol. The summed E-state index contributed by atoms with van der Waals surface area (Å²) in [7, 11) is 0. The molecule has 0 spiro atoms. The minimum absolute atomic E-state index is 0.222. The van der Waals surface area contributed by atoms with Crippen molar-refractivity contribution in [1.29, 1.82) is 0 Å². The van der Waals surface area contributed by atoms with Gasteiger partial charge in [-0.2, -0.15) is 13.2 Å². The monoisotopic (exact) mass is 276 g/mol. The molecule has 0 unspecified atom stereocenters. The molecule has 0 radical (unpaired) electrons. The summed E-state index contributed by atoms with van der Waals surface area (Å²) in [4.78, 5) is 1.80. The highest BCUT2D eigenvalue weighted by Crippen LogP contribution is 2.34. The Morgan fingerprint density at radius 3 is 2.47 bits per heavy atom. The van der Waals surface area contributed by atoms with Crippen LogP contribution in [0.2, 0.25) is 0 Å². The number of anilines is 1. The topological polar surface area (TPSA) is 15.3 Å². The lowest BCUT2D eigenvalue weighted by Gasteiger charge is -2.44. The first kappa shape index (κ1) is 14.1. The molecule has 0 atom stereocenters. The summed E-state index contributed by atoms with van der Waals surface area (Å²) in [6, 6.07) is 2.70. The molecular formula is C13H16F4N2. The third-order valence-electron chi connectivity index (χ3n) is 3.37. The maximum Gasteiger partial charge on any atom is 0.416 e. The highest BCUT2D eigenvalue weighted by atomic mass is 19.4. The standard InChI is InChI=1S/C13H16F4N2/c1-12(2)8-18-5-6-19(12)11-4-3-9(7-10(11)14)13(15,16)17/h3-4,7,18H,5-6,8H2,1-2H3. The smallest absolute Gasteiger partial charge is 0.361 e. The number of hydrogen-bond donors (Lipinski definition) is 1. The second kappa shape index (κ2) is 4.67. The molecule has 0 bridgehead atoms. The normalized spacial score (nSPS) is 19.6. The van der Waals surface area contributed by atoms with E-state index in [-0.39, 0.29) is 11.2 Å². The summed E-state index contributed by atoms with van der Waals surface area (Å²) in [5, 5.41) is 3.19. The van der Waals surface area contributed by atoms with Crippen molar-refractivity contribution >= 4 is 5.69 Å². The van der Waals surface area contributed by atoms with Gasteiger partial charge in [0.2, 0.25) is 0 Å². The molecule has 19 heavy (non-hydrogen) atoms. The first-order chi connectivity index (χ1) is 8.72. The Morgan fingerprint density at radius 2 is 1.95 bits per heavy atom. The first-order valence-electron chi connectivity index (χ1n) is 6.07. The zero-order valence-electron chi connectivity index (χ0n) is 10.8. The van der Waals surface area contributed by atoms with Crippen LogP contribution in [-0.2, 0) is 6.18 Å². The van der Waals surface area contributed by atoms with Gasteiger partial charge >= 0.3 is 6.18 Å². The lowest BCUT2D eigenvalue weighted by Crippen LogP contribution is -2.58. The van der Waals surface area contributed by atoms with Gasteiger partial charge in [-0.15, -0.1) is 0 Å². The van der Waals surface area contributed by atoms with Gasteiger partial charge in [0.05, 0.1) is 11.3 Å². The molecule has 1 N–H and O–H groups in total. The van der Waals surface area contributed by atoms with E-state index in [1.54, 1.807) is 4.90 Å². The molecule has 2 nitrogen and oxygen atoms in total. The zero-order valence-corrected chi connectivity index (χ0v) is 10.8. The highest BCUT2D eigenvalue weighted by Gasteiger charge is 2.34. The van der Waals surface area contributed by atoms with Crippen molar-refractivity contribution in [2.45, 2.75) is 25.6 Å². The van der Waals surface area contributed by atoms with Crippen molar-refractivity contribution in [2.24, 2.45) is 0 Å². The van der Waals surface area contributed by atoms with Crippen LogP contribution < -0.4 is 10.2 Å². The van der Waals surface area contributed by atoms with Crippen LogP contribution in [0.1, 0.15) is 19.4 Å². The van der Waals surface area contributed by atoms with Gasteiger partial charge in [0.25, 0.3) is 0 Å². The molecule has 1 fully saturated rings. The van der Waals surface area contributed by atoms with Gasteiger partial charge in [-0.3, -0.25) is 0 Å². The number of nitrogens with one attached hydrogen (secondary N) is 1. The number of rotatable bonds is 1. The maximum absolute atomic E-state index is 13.9. The molecule has 0 aromatic heterocycles. The van der Waals surface area contributed by atoms with Crippen molar-refractivity contribution in [3.8, 4) is 0 Å². The number of benzene rings is 1. The second-order valence-corrected chi connectivity index (χ2v) is 5.30. The Hall–Kier alpha value is -1.30. The van der Waals surface area contributed by atoms with Crippen molar-refractivity contribution in [3.05, 3.63) is 29.6 Å². The van der Waals surface area contributed by atoms with Gasteiger partial charge in [-0.25, -0.2) is 4.39 Å². The second-order valence-electron chi connectivity index (χ2n) is 5.30. The van der Waals surface area contributed by atoms with E-state index < -0.39 is 17.6 Å². The lowest BCUT2D eigenvalue weighted by atomic mass is 9.98. The van der Waals surface area contributed by atoms with E-state index in [1.807, 2.05) is 13.8 Å². The number of hydrogen-bond acceptors (Lipinski definition) is 2. The summed E-state index contributed by atoms with van der Waals surface area (Å²) in [5.41, 5.74) is -1.07. The van der Waals surface area contributed by atoms with E-state index in [9.17, 15) is 17.6 Å². The van der Waals surface area contributed by atoms with Gasteiger partial charge in [-0.1, -0.05) is 0 Å². The highest BCUT2D eigenvalue weighted by molar-refractivity contribution is 5.52. The SMILES string of the molecule is CC1(C)CNCCN1c1ccc(C(F)(F)F)cc1F. The Balaban J connectivity index is 2.36. The van der Waals surface area contributed by atoms with Crippen LogP contribution in [0.4, 0.5) is 23.2 Å². The van der Waals surface area contributed by atoms with Gasteiger partial charge in [0.1, 0.15) is 5.82 Å². The van der Waals surface area contributed by atoms with Crippen molar-refractivity contribution in [3.63, 3.8) is 0 Å². The van der Waals surface area contributed by atoms with E-state index in [1.165, 1.54) is 6.07 Å². The van der Waals surface area contributed by atoms with Crippen LogP contribution in [0, 0.1) is 5.82 Å². The van der Waals surface area contributed by atoms with Crippen LogP contribution in [0.5, 0.6) is 0 Å². The van der Waals surface area contributed by atoms with Crippen LogP contribution >= 0.6 is 0 Å². The molecule has 0 amide bonds. The molecule has 0 saturated carbocycles. The van der Waals surface area contributed by atoms with Crippen LogP contribution in [0.25, 0.3) is 0 Å². The Morgan fingerprint density at radius 1 is 1.26 bits per heavy atom. The molecule has 106 valence electrons. The van der Waals surface area contributed by atoms with Gasteiger partial charge in [0.15, 0.2) is 0 Å². The predicted octanol–water partition coefficient (Wildman–Crippen LogP) is 3.03. The van der Waals surface area contributed by atoms with Crippen molar-refractivity contribution < 1.29 is 17.6 Å². The van der Waals surface area contributed by atoms with Crippen molar-refractivity contribution in [2.75, 3.05) is 24.5 Å². The van der Waals surface area contributed by atoms with E-state index in [0.717, 1.165) is 6.07 Å². The quantitative estimate of drug-likeness (QED) is 0.793. The zero-order chi connectivity index (χ0) is 14.3. The Labute approximate surface area is 109 Å². The Kier molecular flexibility index (Phi) is 3.47. The van der Waals surface area contributed by atoms with Crippen LogP contribution in [-0.4, -0.2) is 25.2 Å². The first-order valence-corrected chi connectivity index (χ1v) is 6.07. The van der Waals surface area contributed by atoms with Gasteiger partial charge < -0.3 is 10.2 Å². The largest absolute Gasteiger partial charge is 0.416 e. The molecule has 1 aromatic carbocycles. The molecule has 2 rings (SSSR count). The molecule has 1 aromatic rings. The minimum atomic E-state index is -4.52. The predicted molar refractivity (Wildman–Crippen MR) is 65.7 cm³/mol. The third-order valence-corrected chi connectivity index (χ3v) is 3.37. The fourth-order valence-corrected chi connectivity index (χ4v) is 2.33. The van der Waals surface area contributed by atoms with E-state index in [0.29, 0.717) is 25.7 Å². The summed E-state index contributed by atoms with van der Waals surface area (Å²) in [6.07, 6.45) is -4.52. The fourth-order valence-electron chi connectivity index (χ4n) is 2.33. The van der Waals surface area contributed by atoms with Crippen LogP contribution in [0.15, 0.2) is 18.2 Å². The number of alkyl halides is 3. The molecule has 1 saturated heterocycles. The molecule has 1 heterocycles. The number of nitrogens with zero attached hydrogens (tertiary/aromatic N) is 1. The van der Waals surface area contributed by atoms with E-state index >= 15 is 0 Å². The summed E-state index contributed by atoms with van der Waals surface area (Å²) >= 11 is 0. The molecule has 0 aliphatic carbocycles. The maximum atomic E-state index is 13.9. The molecule has 1 aliphatic rings. The van der Waals surface area contributed by atoms with Gasteiger partial charge in [-0.05, 0) is 32.0 Å². The average Bonchev–Trinajstić information content (AvgIpc) is 2.28. The molecular weight excluding hydrogens is 260 g/mol. The minimum Gasteiger partial charge on any atom is -0.361 e. The van der Waals surface area contributed by atoms with E-state index in [2.05, 4.69) is 5.32 Å². The summed E-state index contributed by atoms with van der Waals surface area (Å²) in [5.74, 6) is -0.829. The third kappa shape index (κ3) is 2.83. The lowest BCUT2D eigenvalue weighted by molar-refractivity contribution is -0.137. The summed E-state index contributed by atoms with van der Waals surface area (Å²) < 4.78 is 51.5. The Bertz CT molecular complexity index is 468. The number of halogens is 4. The summed E-state index contributed by atoms with van der Waals surface area (Å²) in [6.45, 7) is 5.76. The molecule has 1 aliphatic heterocycles. The fraction of sp³-hybridized carbons (Fsp3) is 0.538. The van der Waals surface area contributed by atoms with Crippen molar-refractivity contribution in [1.82, 2.24) is 5.32 Å². The van der Waals surface area contributed by atoms with Crippen LogP contribution in [0.3, 0.4) is 0 Å².